The first-order valence-electron chi connectivity index (χ1n) is 5.67. The number of hydrogen-bond acceptors (Lipinski definition) is 3. The van der Waals surface area contributed by atoms with Gasteiger partial charge in [0.25, 0.3) is 5.56 Å². The van der Waals surface area contributed by atoms with E-state index in [2.05, 4.69) is 0 Å². The van der Waals surface area contributed by atoms with E-state index in [1.54, 1.807) is 0 Å². The van der Waals surface area contributed by atoms with Gasteiger partial charge in [-0.25, -0.2) is 13.8 Å². The molecule has 100 valence electrons. The van der Waals surface area contributed by atoms with Crippen molar-refractivity contribution in [3.63, 3.8) is 0 Å². The van der Waals surface area contributed by atoms with E-state index in [-0.39, 0.29) is 16.7 Å². The predicted octanol–water partition coefficient (Wildman–Crippen LogP) is 2.74. The fourth-order valence-corrected chi connectivity index (χ4v) is 2.09. The first kappa shape index (κ1) is 12.6. The minimum Gasteiger partial charge on any atom is -0.409 e. The fraction of sp³-hybridized carbons (Fsp3) is 0. The summed E-state index contributed by atoms with van der Waals surface area (Å²) in [5, 5.41) is 0.538. The number of nitrogens with zero attached hydrogens (tertiary/aromatic N) is 1. The zero-order valence-corrected chi connectivity index (χ0v) is 10.7. The van der Waals surface area contributed by atoms with Crippen molar-refractivity contribution in [2.45, 2.75) is 0 Å². The van der Waals surface area contributed by atoms with Crippen LogP contribution in [0.2, 0.25) is 5.02 Å². The van der Waals surface area contributed by atoms with Crippen LogP contribution in [0, 0.1) is 5.82 Å². The van der Waals surface area contributed by atoms with E-state index >= 15 is 0 Å². The molecular formula is C14H7ClFNO3. The van der Waals surface area contributed by atoms with Crippen molar-refractivity contribution >= 4 is 22.6 Å². The molecule has 6 heteroatoms. The molecule has 1 heterocycles. The number of halogens is 2. The third kappa shape index (κ3) is 2.02. The van der Waals surface area contributed by atoms with Gasteiger partial charge in [-0.15, -0.1) is 0 Å². The Labute approximate surface area is 116 Å². The molecule has 3 rings (SSSR count). The van der Waals surface area contributed by atoms with Gasteiger partial charge in [0.1, 0.15) is 11.4 Å². The molecule has 0 aliphatic heterocycles. The van der Waals surface area contributed by atoms with Gasteiger partial charge in [-0.1, -0.05) is 11.6 Å². The van der Waals surface area contributed by atoms with Crippen molar-refractivity contribution in [1.29, 1.82) is 0 Å². The van der Waals surface area contributed by atoms with Crippen molar-refractivity contribution in [2.75, 3.05) is 0 Å². The average Bonchev–Trinajstić information content (AvgIpc) is 2.42. The van der Waals surface area contributed by atoms with Gasteiger partial charge >= 0.3 is 5.76 Å². The number of rotatable bonds is 1. The molecule has 3 aromatic rings. The lowest BCUT2D eigenvalue weighted by Crippen LogP contribution is -2.30. The number of benzene rings is 2. The summed E-state index contributed by atoms with van der Waals surface area (Å²) in [7, 11) is 0. The SMILES string of the molecule is O=c1oc2ccc(Cl)cc2c(=O)n1-c1ccc(F)cc1. The van der Waals surface area contributed by atoms with Crippen LogP contribution in [0.5, 0.6) is 0 Å². The Morgan fingerprint density at radius 3 is 2.45 bits per heavy atom. The smallest absolute Gasteiger partial charge is 0.409 e. The third-order valence-corrected chi connectivity index (χ3v) is 3.07. The van der Waals surface area contributed by atoms with E-state index < -0.39 is 17.1 Å². The molecule has 0 radical (unpaired) electrons. The Bertz CT molecular complexity index is 912. The van der Waals surface area contributed by atoms with E-state index in [9.17, 15) is 14.0 Å². The Morgan fingerprint density at radius 1 is 1.05 bits per heavy atom. The highest BCUT2D eigenvalue weighted by molar-refractivity contribution is 6.31. The van der Waals surface area contributed by atoms with E-state index in [0.717, 1.165) is 16.7 Å². The Morgan fingerprint density at radius 2 is 1.75 bits per heavy atom. The maximum Gasteiger partial charge on any atom is 0.426 e. The van der Waals surface area contributed by atoms with Gasteiger partial charge in [0.15, 0.2) is 0 Å². The maximum atomic E-state index is 12.9. The standard InChI is InChI=1S/C14H7ClFNO3/c15-8-1-6-12-11(7-8)13(18)17(14(19)20-12)10-4-2-9(16)3-5-10/h1-7H. The summed E-state index contributed by atoms with van der Waals surface area (Å²) in [6.45, 7) is 0. The molecule has 0 saturated carbocycles. The van der Waals surface area contributed by atoms with Crippen LogP contribution in [0.15, 0.2) is 56.5 Å². The van der Waals surface area contributed by atoms with Crippen LogP contribution < -0.4 is 11.3 Å². The molecule has 0 saturated heterocycles. The summed E-state index contributed by atoms with van der Waals surface area (Å²) in [5.74, 6) is -1.30. The lowest BCUT2D eigenvalue weighted by Gasteiger charge is -2.05. The summed E-state index contributed by atoms with van der Waals surface area (Å²) >= 11 is 5.83. The van der Waals surface area contributed by atoms with Crippen molar-refractivity contribution < 1.29 is 8.81 Å². The van der Waals surface area contributed by atoms with Gasteiger partial charge < -0.3 is 4.42 Å². The second-order valence-electron chi connectivity index (χ2n) is 4.13. The second kappa shape index (κ2) is 4.61. The molecule has 0 bridgehead atoms. The van der Waals surface area contributed by atoms with Crippen molar-refractivity contribution in [3.8, 4) is 5.69 Å². The minimum absolute atomic E-state index is 0.155. The molecule has 1 aromatic heterocycles. The van der Waals surface area contributed by atoms with Gasteiger partial charge in [0.2, 0.25) is 0 Å². The number of hydrogen-bond donors (Lipinski definition) is 0. The molecule has 0 aliphatic rings. The predicted molar refractivity (Wildman–Crippen MR) is 73.0 cm³/mol. The summed E-state index contributed by atoms with van der Waals surface area (Å²) in [4.78, 5) is 24.2. The molecular weight excluding hydrogens is 285 g/mol. The zero-order valence-electron chi connectivity index (χ0n) is 9.97. The van der Waals surface area contributed by atoms with Crippen LogP contribution in [0.1, 0.15) is 0 Å². The highest BCUT2D eigenvalue weighted by atomic mass is 35.5. The topological polar surface area (TPSA) is 52.2 Å². The third-order valence-electron chi connectivity index (χ3n) is 2.84. The zero-order chi connectivity index (χ0) is 14.3. The summed E-state index contributed by atoms with van der Waals surface area (Å²) in [6.07, 6.45) is 0. The van der Waals surface area contributed by atoms with Crippen molar-refractivity contribution in [1.82, 2.24) is 4.57 Å². The lowest BCUT2D eigenvalue weighted by molar-refractivity contribution is 0.503. The van der Waals surface area contributed by atoms with Crippen LogP contribution in [0.4, 0.5) is 4.39 Å². The number of fused-ring (bicyclic) bond motifs is 1. The van der Waals surface area contributed by atoms with E-state index in [4.69, 9.17) is 16.0 Å². The van der Waals surface area contributed by atoms with Gasteiger partial charge in [0, 0.05) is 5.02 Å². The van der Waals surface area contributed by atoms with Gasteiger partial charge in [-0.3, -0.25) is 4.79 Å². The van der Waals surface area contributed by atoms with Crippen LogP contribution in [-0.4, -0.2) is 4.57 Å². The molecule has 0 atom stereocenters. The summed E-state index contributed by atoms with van der Waals surface area (Å²) < 4.78 is 18.8. The lowest BCUT2D eigenvalue weighted by atomic mass is 10.2. The van der Waals surface area contributed by atoms with Gasteiger partial charge in [0.05, 0.1) is 11.1 Å². The van der Waals surface area contributed by atoms with Gasteiger partial charge in [-0.2, -0.15) is 0 Å². The molecule has 20 heavy (non-hydrogen) atoms. The quantitative estimate of drug-likeness (QED) is 0.693. The molecule has 0 N–H and O–H groups in total. The molecule has 0 unspecified atom stereocenters. The largest absolute Gasteiger partial charge is 0.426 e. The Kier molecular flexibility index (Phi) is 2.91. The first-order chi connectivity index (χ1) is 9.56. The summed E-state index contributed by atoms with van der Waals surface area (Å²) in [5.41, 5.74) is -0.180. The van der Waals surface area contributed by atoms with Crippen LogP contribution in [-0.2, 0) is 0 Å². The first-order valence-corrected chi connectivity index (χ1v) is 6.05. The maximum absolute atomic E-state index is 12.9. The highest BCUT2D eigenvalue weighted by Crippen LogP contribution is 2.15. The van der Waals surface area contributed by atoms with Crippen molar-refractivity contribution in [2.24, 2.45) is 0 Å². The fourth-order valence-electron chi connectivity index (χ4n) is 1.91. The molecule has 0 fully saturated rings. The molecule has 0 aliphatic carbocycles. The van der Waals surface area contributed by atoms with E-state index in [0.29, 0.717) is 5.02 Å². The molecule has 4 nitrogen and oxygen atoms in total. The van der Waals surface area contributed by atoms with Crippen LogP contribution in [0.25, 0.3) is 16.7 Å². The van der Waals surface area contributed by atoms with Crippen LogP contribution in [0.3, 0.4) is 0 Å². The monoisotopic (exact) mass is 291 g/mol. The molecule has 0 spiro atoms. The van der Waals surface area contributed by atoms with Gasteiger partial charge in [-0.05, 0) is 42.5 Å². The Hall–Kier alpha value is -2.40. The van der Waals surface area contributed by atoms with Crippen LogP contribution >= 0.6 is 11.6 Å². The second-order valence-corrected chi connectivity index (χ2v) is 4.56. The summed E-state index contributed by atoms with van der Waals surface area (Å²) in [6, 6.07) is 9.35. The highest BCUT2D eigenvalue weighted by Gasteiger charge is 2.11. The normalized spacial score (nSPS) is 10.9. The average molecular weight is 292 g/mol. The van der Waals surface area contributed by atoms with E-state index in [1.807, 2.05) is 0 Å². The van der Waals surface area contributed by atoms with Crippen molar-refractivity contribution in [3.05, 3.63) is 74.2 Å². The minimum atomic E-state index is -0.837. The number of aromatic nitrogens is 1. The molecule has 0 amide bonds. The Balaban J connectivity index is 2.39. The molecule has 2 aromatic carbocycles. The van der Waals surface area contributed by atoms with E-state index in [1.165, 1.54) is 30.3 Å².